The molecule has 0 bridgehead atoms. The Kier molecular flexibility index (Phi) is 4.73. The number of thiocarbonyl (C=S) groups is 1. The highest BCUT2D eigenvalue weighted by Gasteiger charge is 2.13. The molecular formula is C17H17N3O3S2. The van der Waals surface area contributed by atoms with Crippen molar-refractivity contribution < 1.29 is 13.2 Å². The van der Waals surface area contributed by atoms with E-state index in [1.54, 1.807) is 12.3 Å². The van der Waals surface area contributed by atoms with E-state index in [1.807, 2.05) is 18.2 Å². The highest BCUT2D eigenvalue weighted by atomic mass is 32.2. The molecule has 0 fully saturated rings. The lowest BCUT2D eigenvalue weighted by atomic mass is 10.1. The summed E-state index contributed by atoms with van der Waals surface area (Å²) in [5.41, 5.74) is 2.49. The minimum atomic E-state index is -3.32. The summed E-state index contributed by atoms with van der Waals surface area (Å²) in [6.45, 7) is 0. The Hall–Kier alpha value is -2.45. The van der Waals surface area contributed by atoms with Crippen molar-refractivity contribution in [1.29, 1.82) is 0 Å². The van der Waals surface area contributed by atoms with E-state index in [2.05, 4.69) is 15.5 Å². The van der Waals surface area contributed by atoms with Crippen LogP contribution < -0.4 is 10.1 Å². The second kappa shape index (κ2) is 6.81. The van der Waals surface area contributed by atoms with E-state index in [1.165, 1.54) is 19.2 Å². The number of rotatable bonds is 5. The average molecular weight is 375 g/mol. The van der Waals surface area contributed by atoms with Gasteiger partial charge in [0.2, 0.25) is 0 Å². The first kappa shape index (κ1) is 17.4. The topological polar surface area (TPSA) is 84.1 Å². The summed E-state index contributed by atoms with van der Waals surface area (Å²) in [5.74, 6) is 0.524. The number of H-pyrrole nitrogens is 1. The zero-order valence-electron chi connectivity index (χ0n) is 13.7. The number of benzene rings is 2. The van der Waals surface area contributed by atoms with Gasteiger partial charge in [0.25, 0.3) is 0 Å². The Labute approximate surface area is 151 Å². The molecule has 0 aliphatic heterocycles. The molecule has 8 heteroatoms. The number of fused-ring (bicyclic) bond motifs is 1. The number of anilines is 1. The molecular weight excluding hydrogens is 358 g/mol. The van der Waals surface area contributed by atoms with Crippen molar-refractivity contribution in [2.24, 2.45) is 0 Å². The third-order valence-corrected chi connectivity index (χ3v) is 5.16. The average Bonchev–Trinajstić information content (AvgIpc) is 3.03. The van der Waals surface area contributed by atoms with E-state index in [0.29, 0.717) is 22.8 Å². The number of sulfone groups is 1. The Morgan fingerprint density at radius 3 is 2.84 bits per heavy atom. The maximum absolute atomic E-state index is 11.8. The zero-order chi connectivity index (χ0) is 18.0. The van der Waals surface area contributed by atoms with Crippen molar-refractivity contribution in [2.45, 2.75) is 11.3 Å². The van der Waals surface area contributed by atoms with Crippen LogP contribution in [0.1, 0.15) is 5.56 Å². The van der Waals surface area contributed by atoms with Crippen LogP contribution in [-0.2, 0) is 16.3 Å². The lowest BCUT2D eigenvalue weighted by molar-refractivity contribution is 0.416. The van der Waals surface area contributed by atoms with E-state index in [4.69, 9.17) is 17.0 Å². The van der Waals surface area contributed by atoms with Gasteiger partial charge in [0, 0.05) is 18.1 Å². The standard InChI is InChI=1S/C17H17N3O3S2/c1-23-16-7-6-12(25(2,21)22)9-15(16)19-17(24)8-11-4-3-5-14-13(11)10-18-20-14/h3-7,9-10H,8H2,1-2H3,(H,18,20)(H,19,24). The van der Waals surface area contributed by atoms with Crippen molar-refractivity contribution in [2.75, 3.05) is 18.7 Å². The molecule has 0 amide bonds. The van der Waals surface area contributed by atoms with E-state index >= 15 is 0 Å². The first-order valence-corrected chi connectivity index (χ1v) is 9.77. The molecule has 1 aromatic heterocycles. The van der Waals surface area contributed by atoms with Crippen LogP contribution in [0.15, 0.2) is 47.5 Å². The lowest BCUT2D eigenvalue weighted by Crippen LogP contribution is -2.13. The second-order valence-corrected chi connectivity index (χ2v) is 8.12. The molecule has 2 N–H and O–H groups in total. The minimum Gasteiger partial charge on any atom is -0.495 e. The summed E-state index contributed by atoms with van der Waals surface area (Å²) in [6.07, 6.45) is 3.42. The molecule has 0 spiro atoms. The monoisotopic (exact) mass is 375 g/mol. The normalized spacial score (nSPS) is 11.4. The molecule has 0 radical (unpaired) electrons. The lowest BCUT2D eigenvalue weighted by Gasteiger charge is -2.13. The summed E-state index contributed by atoms with van der Waals surface area (Å²) in [5, 5.41) is 11.1. The highest BCUT2D eigenvalue weighted by Crippen LogP contribution is 2.28. The van der Waals surface area contributed by atoms with E-state index in [0.717, 1.165) is 22.7 Å². The van der Waals surface area contributed by atoms with Gasteiger partial charge in [-0.05, 0) is 29.8 Å². The van der Waals surface area contributed by atoms with Gasteiger partial charge in [-0.3, -0.25) is 5.10 Å². The van der Waals surface area contributed by atoms with Gasteiger partial charge in [0.15, 0.2) is 9.84 Å². The number of hydrogen-bond donors (Lipinski definition) is 2. The van der Waals surface area contributed by atoms with Crippen LogP contribution in [0.5, 0.6) is 5.75 Å². The summed E-state index contributed by atoms with van der Waals surface area (Å²) < 4.78 is 28.8. The summed E-state index contributed by atoms with van der Waals surface area (Å²) in [6, 6.07) is 10.5. The molecule has 2 aromatic carbocycles. The number of hydrogen-bond acceptors (Lipinski definition) is 5. The first-order valence-electron chi connectivity index (χ1n) is 7.47. The van der Waals surface area contributed by atoms with E-state index in [9.17, 15) is 8.42 Å². The molecule has 6 nitrogen and oxygen atoms in total. The molecule has 0 saturated carbocycles. The van der Waals surface area contributed by atoms with Crippen molar-refractivity contribution >= 4 is 43.6 Å². The molecule has 0 aliphatic rings. The van der Waals surface area contributed by atoms with Crippen LogP contribution in [0, 0.1) is 0 Å². The molecule has 0 atom stereocenters. The second-order valence-electron chi connectivity index (χ2n) is 5.61. The van der Waals surface area contributed by atoms with Crippen molar-refractivity contribution in [3.8, 4) is 5.75 Å². The van der Waals surface area contributed by atoms with Crippen LogP contribution >= 0.6 is 12.2 Å². The van der Waals surface area contributed by atoms with Crippen LogP contribution in [0.25, 0.3) is 10.9 Å². The van der Waals surface area contributed by atoms with Gasteiger partial charge < -0.3 is 10.1 Å². The number of aromatic nitrogens is 2. The molecule has 130 valence electrons. The van der Waals surface area contributed by atoms with Gasteiger partial charge in [-0.25, -0.2) is 8.42 Å². The Morgan fingerprint density at radius 1 is 1.32 bits per heavy atom. The largest absolute Gasteiger partial charge is 0.495 e. The number of methoxy groups -OCH3 is 1. The SMILES string of the molecule is COc1ccc(S(C)(=O)=O)cc1NC(=S)Cc1cccc2[nH]ncc12. The molecule has 0 aliphatic carbocycles. The molecule has 0 unspecified atom stereocenters. The third-order valence-electron chi connectivity index (χ3n) is 3.80. The quantitative estimate of drug-likeness (QED) is 0.667. The summed E-state index contributed by atoms with van der Waals surface area (Å²) in [4.78, 5) is 0.758. The number of ether oxygens (including phenoxy) is 1. The Balaban J connectivity index is 1.86. The molecule has 1 heterocycles. The minimum absolute atomic E-state index is 0.204. The van der Waals surface area contributed by atoms with Crippen LogP contribution in [-0.4, -0.2) is 37.0 Å². The van der Waals surface area contributed by atoms with Crippen LogP contribution in [0.3, 0.4) is 0 Å². The zero-order valence-corrected chi connectivity index (χ0v) is 15.4. The smallest absolute Gasteiger partial charge is 0.175 e. The van der Waals surface area contributed by atoms with E-state index < -0.39 is 9.84 Å². The van der Waals surface area contributed by atoms with Crippen molar-refractivity contribution in [3.63, 3.8) is 0 Å². The van der Waals surface area contributed by atoms with Gasteiger partial charge in [-0.2, -0.15) is 5.10 Å². The predicted octanol–water partition coefficient (Wildman–Crippen LogP) is 2.96. The molecule has 25 heavy (non-hydrogen) atoms. The van der Waals surface area contributed by atoms with Gasteiger partial charge in [0.1, 0.15) is 5.75 Å². The van der Waals surface area contributed by atoms with Gasteiger partial charge in [0.05, 0.1) is 34.4 Å². The fourth-order valence-corrected chi connectivity index (χ4v) is 3.48. The summed E-state index contributed by atoms with van der Waals surface area (Å²) in [7, 11) is -1.79. The maximum Gasteiger partial charge on any atom is 0.175 e. The van der Waals surface area contributed by atoms with Crippen LogP contribution in [0.2, 0.25) is 0 Å². The first-order chi connectivity index (χ1) is 11.9. The fourth-order valence-electron chi connectivity index (χ4n) is 2.57. The van der Waals surface area contributed by atoms with Gasteiger partial charge in [-0.15, -0.1) is 0 Å². The molecule has 3 rings (SSSR count). The predicted molar refractivity (Wildman–Crippen MR) is 102 cm³/mol. The van der Waals surface area contributed by atoms with Crippen LogP contribution in [0.4, 0.5) is 5.69 Å². The van der Waals surface area contributed by atoms with E-state index in [-0.39, 0.29) is 4.90 Å². The molecule has 0 saturated heterocycles. The highest BCUT2D eigenvalue weighted by molar-refractivity contribution is 7.90. The van der Waals surface area contributed by atoms with Crippen molar-refractivity contribution in [1.82, 2.24) is 10.2 Å². The number of nitrogens with zero attached hydrogens (tertiary/aromatic N) is 1. The maximum atomic E-state index is 11.8. The van der Waals surface area contributed by atoms with Gasteiger partial charge >= 0.3 is 0 Å². The number of nitrogens with one attached hydrogen (secondary N) is 2. The van der Waals surface area contributed by atoms with Gasteiger partial charge in [-0.1, -0.05) is 24.4 Å². The fraction of sp³-hybridized carbons (Fsp3) is 0.176. The van der Waals surface area contributed by atoms with Crippen molar-refractivity contribution in [3.05, 3.63) is 48.2 Å². The Morgan fingerprint density at radius 2 is 2.12 bits per heavy atom. The summed E-state index contributed by atoms with van der Waals surface area (Å²) >= 11 is 5.45. The Bertz CT molecular complexity index is 1040. The third kappa shape index (κ3) is 3.80. The molecule has 3 aromatic rings. The number of aromatic amines is 1.